The number of hydrogen-bond acceptors (Lipinski definition) is 5. The second-order valence-electron chi connectivity index (χ2n) is 7.34. The maximum Gasteiger partial charge on any atom is 0.340 e. The normalized spacial score (nSPS) is 10.8. The van der Waals surface area contributed by atoms with Crippen LogP contribution in [0.3, 0.4) is 0 Å². The molecule has 0 amide bonds. The zero-order valence-corrected chi connectivity index (χ0v) is 18.3. The van der Waals surface area contributed by atoms with E-state index in [0.717, 1.165) is 22.3 Å². The topological polar surface area (TPSA) is 92.9 Å². The van der Waals surface area contributed by atoms with Crippen molar-refractivity contribution in [2.75, 3.05) is 13.2 Å². The Balaban J connectivity index is 1.75. The van der Waals surface area contributed by atoms with Gasteiger partial charge in [-0.3, -0.25) is 4.57 Å². The molecular weight excluding hydrogens is 404 g/mol. The maximum absolute atomic E-state index is 12.6. The lowest BCUT2D eigenvalue weighted by Gasteiger charge is -2.12. The van der Waals surface area contributed by atoms with Crippen LogP contribution in [0.5, 0.6) is 6.01 Å². The highest BCUT2D eigenvalue weighted by Gasteiger charge is 2.20. The molecular formula is C25H24N4O3. The highest BCUT2D eigenvalue weighted by molar-refractivity contribution is 6.02. The highest BCUT2D eigenvalue weighted by atomic mass is 16.5. The molecule has 2 aromatic carbocycles. The average Bonchev–Trinajstić information content (AvgIpc) is 3.34. The summed E-state index contributed by atoms with van der Waals surface area (Å²) in [4.78, 5) is 20.2. The predicted molar refractivity (Wildman–Crippen MR) is 122 cm³/mol. The van der Waals surface area contributed by atoms with Gasteiger partial charge in [-0.25, -0.2) is 4.79 Å². The molecule has 32 heavy (non-hydrogen) atoms. The molecule has 4 rings (SSSR count). The van der Waals surface area contributed by atoms with Gasteiger partial charge < -0.3 is 14.5 Å². The van der Waals surface area contributed by atoms with E-state index >= 15 is 0 Å². The quantitative estimate of drug-likeness (QED) is 0.425. The molecule has 0 aliphatic carbocycles. The number of benzene rings is 2. The molecule has 0 fully saturated rings. The summed E-state index contributed by atoms with van der Waals surface area (Å²) in [7, 11) is 0. The van der Waals surface area contributed by atoms with Crippen LogP contribution in [0.1, 0.15) is 41.0 Å². The molecule has 2 heterocycles. The van der Waals surface area contributed by atoms with Crippen molar-refractivity contribution in [1.29, 1.82) is 5.26 Å². The van der Waals surface area contributed by atoms with Crippen molar-refractivity contribution in [3.8, 4) is 23.2 Å². The van der Waals surface area contributed by atoms with E-state index in [-0.39, 0.29) is 5.97 Å². The Morgan fingerprint density at radius 1 is 1.16 bits per heavy atom. The van der Waals surface area contributed by atoms with Gasteiger partial charge in [0.25, 0.3) is 6.01 Å². The van der Waals surface area contributed by atoms with Gasteiger partial charge in [-0.1, -0.05) is 30.3 Å². The van der Waals surface area contributed by atoms with Gasteiger partial charge in [-0.2, -0.15) is 10.2 Å². The Morgan fingerprint density at radius 2 is 1.94 bits per heavy atom. The first kappa shape index (κ1) is 21.2. The van der Waals surface area contributed by atoms with E-state index in [2.05, 4.69) is 16.0 Å². The largest absolute Gasteiger partial charge is 0.465 e. The minimum atomic E-state index is -0.385. The molecule has 0 bridgehead atoms. The summed E-state index contributed by atoms with van der Waals surface area (Å²) in [6.45, 7) is 6.89. The summed E-state index contributed by atoms with van der Waals surface area (Å²) in [5.74, 6) is -0.385. The lowest BCUT2D eigenvalue weighted by Crippen LogP contribution is -2.10. The van der Waals surface area contributed by atoms with Crippen LogP contribution >= 0.6 is 0 Å². The van der Waals surface area contributed by atoms with Crippen molar-refractivity contribution >= 4 is 17.0 Å². The summed E-state index contributed by atoms with van der Waals surface area (Å²) >= 11 is 0. The lowest BCUT2D eigenvalue weighted by atomic mass is 10.0. The smallest absolute Gasteiger partial charge is 0.340 e. The van der Waals surface area contributed by atoms with Gasteiger partial charge >= 0.3 is 5.97 Å². The lowest BCUT2D eigenvalue weighted by molar-refractivity contribution is 0.0528. The Labute approximate surface area is 186 Å². The number of esters is 1. The summed E-state index contributed by atoms with van der Waals surface area (Å²) in [5, 5.41) is 9.37. The fraction of sp³-hybridized carbons (Fsp3) is 0.240. The monoisotopic (exact) mass is 428 g/mol. The molecule has 7 heteroatoms. The van der Waals surface area contributed by atoms with Crippen LogP contribution < -0.4 is 4.74 Å². The van der Waals surface area contributed by atoms with Crippen LogP contribution in [-0.4, -0.2) is 33.7 Å². The minimum Gasteiger partial charge on any atom is -0.465 e. The highest BCUT2D eigenvalue weighted by Crippen LogP contribution is 2.29. The van der Waals surface area contributed by atoms with Gasteiger partial charge in [0.05, 0.1) is 36.4 Å². The number of H-pyrrole nitrogens is 1. The van der Waals surface area contributed by atoms with Crippen LogP contribution in [0, 0.1) is 18.3 Å². The molecule has 0 saturated heterocycles. The number of aryl methyl sites for hydroxylation is 1. The summed E-state index contributed by atoms with van der Waals surface area (Å²) < 4.78 is 12.9. The molecule has 0 aliphatic rings. The first-order valence-corrected chi connectivity index (χ1v) is 10.5. The van der Waals surface area contributed by atoms with Gasteiger partial charge in [0.15, 0.2) is 0 Å². The molecule has 162 valence electrons. The molecule has 0 saturated carbocycles. The number of carbonyl (C=O) groups excluding carboxylic acids is 1. The molecule has 0 unspecified atom stereocenters. The molecule has 0 radical (unpaired) electrons. The van der Waals surface area contributed by atoms with E-state index in [1.807, 2.05) is 54.9 Å². The SMILES string of the molecule is CCOC(=O)c1cccc2nc(OCC)n(Cc3ccc(-c4c(C)c[nH]c4C#N)cc3)c12. The first-order chi connectivity index (χ1) is 15.6. The molecule has 0 atom stereocenters. The third kappa shape index (κ3) is 3.83. The van der Waals surface area contributed by atoms with Crippen LogP contribution in [0.2, 0.25) is 0 Å². The van der Waals surface area contributed by atoms with E-state index in [9.17, 15) is 10.1 Å². The standard InChI is InChI=1S/C25H24N4O3/c1-4-31-24(30)19-7-6-8-20-23(19)29(25(28-20)32-5-2)15-17-9-11-18(12-10-17)22-16(3)14-27-21(22)13-26/h6-12,14,27H,4-5,15H2,1-3H3. The molecule has 1 N–H and O–H groups in total. The van der Waals surface area contributed by atoms with Crippen molar-refractivity contribution in [3.05, 3.63) is 71.0 Å². The number of aromatic amines is 1. The summed E-state index contributed by atoms with van der Waals surface area (Å²) in [6, 6.07) is 16.1. The van der Waals surface area contributed by atoms with Crippen LogP contribution in [-0.2, 0) is 11.3 Å². The molecule has 0 aliphatic heterocycles. The number of ether oxygens (including phenoxy) is 2. The molecule has 7 nitrogen and oxygen atoms in total. The fourth-order valence-corrected chi connectivity index (χ4v) is 3.87. The Morgan fingerprint density at radius 3 is 2.62 bits per heavy atom. The number of nitriles is 1. The number of rotatable bonds is 7. The third-order valence-corrected chi connectivity index (χ3v) is 5.27. The average molecular weight is 428 g/mol. The van der Waals surface area contributed by atoms with Gasteiger partial charge in [0.2, 0.25) is 0 Å². The zero-order valence-electron chi connectivity index (χ0n) is 18.3. The Hall–Kier alpha value is -4.05. The van der Waals surface area contributed by atoms with Gasteiger partial charge in [0, 0.05) is 11.8 Å². The number of carbonyl (C=O) groups is 1. The molecule has 2 aromatic heterocycles. The van der Waals surface area contributed by atoms with E-state index in [1.165, 1.54) is 0 Å². The summed E-state index contributed by atoms with van der Waals surface area (Å²) in [6.07, 6.45) is 1.84. The maximum atomic E-state index is 12.6. The van der Waals surface area contributed by atoms with Crippen LogP contribution in [0.25, 0.3) is 22.2 Å². The second-order valence-corrected chi connectivity index (χ2v) is 7.34. The van der Waals surface area contributed by atoms with E-state index in [0.29, 0.717) is 48.1 Å². The van der Waals surface area contributed by atoms with E-state index in [1.54, 1.807) is 19.1 Å². The Kier molecular flexibility index (Phi) is 5.95. The van der Waals surface area contributed by atoms with Crippen LogP contribution in [0.4, 0.5) is 0 Å². The van der Waals surface area contributed by atoms with E-state index < -0.39 is 0 Å². The van der Waals surface area contributed by atoms with Crippen molar-refractivity contribution in [1.82, 2.24) is 14.5 Å². The minimum absolute atomic E-state index is 0.298. The summed E-state index contributed by atoms with van der Waals surface area (Å²) in [5.41, 5.74) is 6.29. The number of aromatic nitrogens is 3. The van der Waals surface area contributed by atoms with Gasteiger partial charge in [-0.15, -0.1) is 0 Å². The number of nitrogens with one attached hydrogen (secondary N) is 1. The zero-order chi connectivity index (χ0) is 22.7. The van der Waals surface area contributed by atoms with Crippen molar-refractivity contribution in [2.45, 2.75) is 27.3 Å². The third-order valence-electron chi connectivity index (χ3n) is 5.27. The molecule has 0 spiro atoms. The number of imidazole rings is 1. The van der Waals surface area contributed by atoms with Crippen LogP contribution in [0.15, 0.2) is 48.7 Å². The number of nitrogens with zero attached hydrogens (tertiary/aromatic N) is 3. The van der Waals surface area contributed by atoms with Gasteiger partial charge in [0.1, 0.15) is 11.8 Å². The number of hydrogen-bond donors (Lipinski definition) is 1. The number of fused-ring (bicyclic) bond motifs is 1. The van der Waals surface area contributed by atoms with E-state index in [4.69, 9.17) is 9.47 Å². The van der Waals surface area contributed by atoms with Gasteiger partial charge in [-0.05, 0) is 49.6 Å². The first-order valence-electron chi connectivity index (χ1n) is 10.5. The second kappa shape index (κ2) is 8.98. The van der Waals surface area contributed by atoms with Crippen molar-refractivity contribution in [2.24, 2.45) is 0 Å². The molecule has 4 aromatic rings. The van der Waals surface area contributed by atoms with Crippen molar-refractivity contribution < 1.29 is 14.3 Å². The number of para-hydroxylation sites is 1. The van der Waals surface area contributed by atoms with Crippen molar-refractivity contribution in [3.63, 3.8) is 0 Å². The fourth-order valence-electron chi connectivity index (χ4n) is 3.87. The Bertz CT molecular complexity index is 1310. The predicted octanol–water partition coefficient (Wildman–Crippen LogP) is 4.84.